The van der Waals surface area contributed by atoms with Crippen LogP contribution in [0.4, 0.5) is 5.82 Å². The Morgan fingerprint density at radius 2 is 2.30 bits per heavy atom. The topological polar surface area (TPSA) is 82.7 Å². The van der Waals surface area contributed by atoms with Crippen LogP contribution in [0.5, 0.6) is 0 Å². The van der Waals surface area contributed by atoms with Crippen molar-refractivity contribution in [2.45, 2.75) is 19.9 Å². The Balaban J connectivity index is 2.08. The number of carbonyl (C=O) groups is 1. The Kier molecular flexibility index (Phi) is 5.11. The normalized spacial score (nSPS) is 10.3. The van der Waals surface area contributed by atoms with E-state index in [1.807, 2.05) is 0 Å². The molecule has 1 amide bonds. The second kappa shape index (κ2) is 7.04. The molecule has 0 saturated carbocycles. The van der Waals surface area contributed by atoms with E-state index in [0.29, 0.717) is 17.9 Å². The summed E-state index contributed by atoms with van der Waals surface area (Å²) in [5, 5.41) is 12.5. The lowest BCUT2D eigenvalue weighted by molar-refractivity contribution is 0.0951. The van der Waals surface area contributed by atoms with Gasteiger partial charge in [-0.2, -0.15) is 5.10 Å². The van der Waals surface area contributed by atoms with Gasteiger partial charge in [-0.3, -0.25) is 9.89 Å². The number of anilines is 1. The maximum Gasteiger partial charge on any atom is 0.255 e. The minimum Gasteiger partial charge on any atom is -0.369 e. The van der Waals surface area contributed by atoms with Gasteiger partial charge in [0.2, 0.25) is 0 Å². The average molecular weight is 338 g/mol. The van der Waals surface area contributed by atoms with Gasteiger partial charge in [0.1, 0.15) is 5.82 Å². The SMILES string of the molecule is CCCNc1ncc(Br)cc1C(=O)NCc1cn[nH]c1. The number of halogens is 1. The molecule has 0 spiro atoms. The lowest BCUT2D eigenvalue weighted by atomic mass is 10.2. The fourth-order valence-electron chi connectivity index (χ4n) is 1.65. The van der Waals surface area contributed by atoms with E-state index in [-0.39, 0.29) is 5.91 Å². The molecule has 3 N–H and O–H groups in total. The van der Waals surface area contributed by atoms with E-state index in [1.165, 1.54) is 0 Å². The first-order valence-corrected chi connectivity index (χ1v) is 7.15. The predicted molar refractivity (Wildman–Crippen MR) is 80.5 cm³/mol. The number of hydrogen-bond acceptors (Lipinski definition) is 4. The first-order valence-electron chi connectivity index (χ1n) is 6.36. The maximum absolute atomic E-state index is 12.2. The van der Waals surface area contributed by atoms with Gasteiger partial charge in [-0.1, -0.05) is 6.92 Å². The summed E-state index contributed by atoms with van der Waals surface area (Å²) in [5.41, 5.74) is 1.45. The molecule has 2 aromatic rings. The smallest absolute Gasteiger partial charge is 0.255 e. The number of nitrogens with one attached hydrogen (secondary N) is 3. The van der Waals surface area contributed by atoms with Crippen molar-refractivity contribution < 1.29 is 4.79 Å². The van der Waals surface area contributed by atoms with E-state index in [2.05, 4.69) is 48.7 Å². The third-order valence-electron chi connectivity index (χ3n) is 2.65. The van der Waals surface area contributed by atoms with Crippen LogP contribution in [-0.2, 0) is 6.54 Å². The van der Waals surface area contributed by atoms with Gasteiger partial charge in [-0.25, -0.2) is 4.98 Å². The van der Waals surface area contributed by atoms with Gasteiger partial charge in [0.05, 0.1) is 11.8 Å². The number of nitrogens with zero attached hydrogens (tertiary/aromatic N) is 2. The van der Waals surface area contributed by atoms with Crippen molar-refractivity contribution in [2.24, 2.45) is 0 Å². The van der Waals surface area contributed by atoms with E-state index in [1.54, 1.807) is 24.7 Å². The van der Waals surface area contributed by atoms with Crippen LogP contribution in [0.25, 0.3) is 0 Å². The largest absolute Gasteiger partial charge is 0.369 e. The Morgan fingerprint density at radius 1 is 1.45 bits per heavy atom. The molecule has 106 valence electrons. The molecule has 0 aromatic carbocycles. The second-order valence-corrected chi connectivity index (χ2v) is 5.18. The Hall–Kier alpha value is -1.89. The van der Waals surface area contributed by atoms with Crippen LogP contribution in [0.1, 0.15) is 29.3 Å². The van der Waals surface area contributed by atoms with Crippen molar-refractivity contribution in [3.05, 3.63) is 40.3 Å². The van der Waals surface area contributed by atoms with Crippen molar-refractivity contribution in [1.82, 2.24) is 20.5 Å². The predicted octanol–water partition coefficient (Wildman–Crippen LogP) is 2.32. The summed E-state index contributed by atoms with van der Waals surface area (Å²) < 4.78 is 0.771. The van der Waals surface area contributed by atoms with Gasteiger partial charge >= 0.3 is 0 Å². The van der Waals surface area contributed by atoms with Gasteiger partial charge in [0.25, 0.3) is 5.91 Å². The van der Waals surface area contributed by atoms with Crippen LogP contribution in [0.15, 0.2) is 29.1 Å². The number of hydrogen-bond donors (Lipinski definition) is 3. The van der Waals surface area contributed by atoms with E-state index in [9.17, 15) is 4.79 Å². The van der Waals surface area contributed by atoms with Crippen molar-refractivity contribution in [3.8, 4) is 0 Å². The molecule has 6 nitrogen and oxygen atoms in total. The molecule has 0 fully saturated rings. The summed E-state index contributed by atoms with van der Waals surface area (Å²) in [6, 6.07) is 1.76. The molecule has 20 heavy (non-hydrogen) atoms. The summed E-state index contributed by atoms with van der Waals surface area (Å²) in [5.74, 6) is 0.429. The molecule has 0 unspecified atom stereocenters. The molecule has 2 heterocycles. The Bertz CT molecular complexity index is 570. The van der Waals surface area contributed by atoms with Crippen LogP contribution < -0.4 is 10.6 Å². The highest BCUT2D eigenvalue weighted by molar-refractivity contribution is 9.10. The van der Waals surface area contributed by atoms with E-state index in [0.717, 1.165) is 23.0 Å². The molecule has 0 aliphatic carbocycles. The van der Waals surface area contributed by atoms with Crippen molar-refractivity contribution >= 4 is 27.7 Å². The number of carbonyl (C=O) groups excluding carboxylic acids is 1. The Labute approximate surface area is 125 Å². The first-order chi connectivity index (χ1) is 9.70. The first kappa shape index (κ1) is 14.5. The molecule has 0 saturated heterocycles. The molecular weight excluding hydrogens is 322 g/mol. The van der Waals surface area contributed by atoms with E-state index < -0.39 is 0 Å². The van der Waals surface area contributed by atoms with Gasteiger partial charge in [-0.05, 0) is 28.4 Å². The van der Waals surface area contributed by atoms with Gasteiger partial charge in [0.15, 0.2) is 0 Å². The molecule has 7 heteroatoms. The third kappa shape index (κ3) is 3.80. The monoisotopic (exact) mass is 337 g/mol. The van der Waals surface area contributed by atoms with Gasteiger partial charge in [-0.15, -0.1) is 0 Å². The number of H-pyrrole nitrogens is 1. The minimum atomic E-state index is -0.168. The zero-order valence-corrected chi connectivity index (χ0v) is 12.7. The molecule has 0 radical (unpaired) electrons. The standard InChI is InChI=1S/C13H16BrN5O/c1-2-3-15-12-11(4-10(14)8-16-12)13(20)17-5-9-6-18-19-7-9/h4,6-8H,2-3,5H2,1H3,(H,15,16)(H,17,20)(H,18,19). The lowest BCUT2D eigenvalue weighted by Gasteiger charge is -2.10. The van der Waals surface area contributed by atoms with Crippen LogP contribution in [-0.4, -0.2) is 27.6 Å². The number of aromatic nitrogens is 3. The van der Waals surface area contributed by atoms with E-state index >= 15 is 0 Å². The second-order valence-electron chi connectivity index (χ2n) is 4.27. The summed E-state index contributed by atoms with van der Waals surface area (Å²) >= 11 is 3.34. The number of rotatable bonds is 6. The quantitative estimate of drug-likeness (QED) is 0.755. The molecule has 0 atom stereocenters. The highest BCUT2D eigenvalue weighted by atomic mass is 79.9. The summed E-state index contributed by atoms with van der Waals surface area (Å²) in [6.45, 7) is 3.26. The molecule has 0 aliphatic heterocycles. The minimum absolute atomic E-state index is 0.168. The third-order valence-corrected chi connectivity index (χ3v) is 3.08. The van der Waals surface area contributed by atoms with Crippen molar-refractivity contribution in [3.63, 3.8) is 0 Å². The van der Waals surface area contributed by atoms with Gasteiger partial charge in [0, 0.05) is 35.5 Å². The highest BCUT2D eigenvalue weighted by Gasteiger charge is 2.13. The summed E-state index contributed by atoms with van der Waals surface area (Å²) in [4.78, 5) is 16.5. The number of amides is 1. The van der Waals surface area contributed by atoms with Crippen LogP contribution in [0.2, 0.25) is 0 Å². The van der Waals surface area contributed by atoms with Crippen LogP contribution >= 0.6 is 15.9 Å². The number of aromatic amines is 1. The molecular formula is C13H16BrN5O. The zero-order valence-electron chi connectivity index (χ0n) is 11.1. The number of pyridine rings is 1. The van der Waals surface area contributed by atoms with Crippen LogP contribution in [0.3, 0.4) is 0 Å². The summed E-state index contributed by atoms with van der Waals surface area (Å²) in [6.07, 6.45) is 6.06. The average Bonchev–Trinajstić information content (AvgIpc) is 2.96. The fourth-order valence-corrected chi connectivity index (χ4v) is 1.98. The summed E-state index contributed by atoms with van der Waals surface area (Å²) in [7, 11) is 0. The molecule has 2 rings (SSSR count). The van der Waals surface area contributed by atoms with E-state index in [4.69, 9.17) is 0 Å². The zero-order chi connectivity index (χ0) is 14.4. The molecule has 2 aromatic heterocycles. The van der Waals surface area contributed by atoms with Crippen molar-refractivity contribution in [1.29, 1.82) is 0 Å². The fraction of sp³-hybridized carbons (Fsp3) is 0.308. The highest BCUT2D eigenvalue weighted by Crippen LogP contribution is 2.18. The maximum atomic E-state index is 12.2. The van der Waals surface area contributed by atoms with Crippen LogP contribution in [0, 0.1) is 0 Å². The van der Waals surface area contributed by atoms with Crippen molar-refractivity contribution in [2.75, 3.05) is 11.9 Å². The molecule has 0 aliphatic rings. The molecule has 0 bridgehead atoms. The lowest BCUT2D eigenvalue weighted by Crippen LogP contribution is -2.24. The van der Waals surface area contributed by atoms with Gasteiger partial charge < -0.3 is 10.6 Å². The Morgan fingerprint density at radius 3 is 3.00 bits per heavy atom.